The molecule has 0 aromatic carbocycles. The van der Waals surface area contributed by atoms with Crippen molar-refractivity contribution < 1.29 is 0 Å². The van der Waals surface area contributed by atoms with E-state index in [1.165, 1.54) is 5.69 Å². The fourth-order valence-electron chi connectivity index (χ4n) is 2.26. The minimum atomic E-state index is 0.156. The molecule has 3 rings (SSSR count). The van der Waals surface area contributed by atoms with Crippen LogP contribution in [0.1, 0.15) is 23.0 Å². The van der Waals surface area contributed by atoms with Crippen molar-refractivity contribution in [3.05, 3.63) is 48.3 Å². The summed E-state index contributed by atoms with van der Waals surface area (Å²) in [6, 6.07) is 0.156. The maximum atomic E-state index is 4.39. The average Bonchev–Trinajstić information content (AvgIpc) is 2.96. The first-order chi connectivity index (χ1) is 8.38. The Balaban J connectivity index is 1.92. The van der Waals surface area contributed by atoms with Crippen molar-refractivity contribution in [1.82, 2.24) is 25.1 Å². The van der Waals surface area contributed by atoms with Gasteiger partial charge in [-0.3, -0.25) is 4.68 Å². The van der Waals surface area contributed by atoms with Gasteiger partial charge in [-0.2, -0.15) is 5.10 Å². The SMILES string of the molecule is C=CCn1cc([C@@H]2NCCc3[nH]cnc32)cn1. The van der Waals surface area contributed by atoms with Gasteiger partial charge in [0.25, 0.3) is 0 Å². The average molecular weight is 229 g/mol. The second-order valence-corrected chi connectivity index (χ2v) is 4.19. The summed E-state index contributed by atoms with van der Waals surface area (Å²) < 4.78 is 1.88. The number of imidazole rings is 1. The van der Waals surface area contributed by atoms with Crippen LogP contribution in [0.3, 0.4) is 0 Å². The van der Waals surface area contributed by atoms with E-state index in [1.807, 2.05) is 23.2 Å². The van der Waals surface area contributed by atoms with Crippen LogP contribution in [0.4, 0.5) is 0 Å². The fraction of sp³-hybridized carbons (Fsp3) is 0.333. The molecule has 5 nitrogen and oxygen atoms in total. The topological polar surface area (TPSA) is 58.5 Å². The summed E-state index contributed by atoms with van der Waals surface area (Å²) in [4.78, 5) is 7.59. The first-order valence-electron chi connectivity index (χ1n) is 5.77. The number of fused-ring (bicyclic) bond motifs is 1. The molecule has 1 aliphatic rings. The molecule has 0 unspecified atom stereocenters. The van der Waals surface area contributed by atoms with Crippen molar-refractivity contribution in [2.75, 3.05) is 6.54 Å². The molecular weight excluding hydrogens is 214 g/mol. The van der Waals surface area contributed by atoms with E-state index in [-0.39, 0.29) is 6.04 Å². The van der Waals surface area contributed by atoms with Crippen molar-refractivity contribution in [3.63, 3.8) is 0 Å². The Morgan fingerprint density at radius 1 is 1.59 bits per heavy atom. The maximum Gasteiger partial charge on any atom is 0.0926 e. The second kappa shape index (κ2) is 4.18. The number of rotatable bonds is 3. The van der Waals surface area contributed by atoms with Gasteiger partial charge in [0.05, 0.1) is 30.8 Å². The van der Waals surface area contributed by atoms with Gasteiger partial charge in [-0.15, -0.1) is 6.58 Å². The molecule has 0 bridgehead atoms. The highest BCUT2D eigenvalue weighted by Crippen LogP contribution is 2.25. The number of allylic oxidation sites excluding steroid dienone is 1. The molecule has 0 amide bonds. The molecule has 0 spiro atoms. The van der Waals surface area contributed by atoms with Crippen molar-refractivity contribution in [3.8, 4) is 0 Å². The molecule has 0 aliphatic carbocycles. The lowest BCUT2D eigenvalue weighted by Gasteiger charge is -2.21. The van der Waals surface area contributed by atoms with Crippen molar-refractivity contribution >= 4 is 0 Å². The van der Waals surface area contributed by atoms with Gasteiger partial charge >= 0.3 is 0 Å². The van der Waals surface area contributed by atoms with Gasteiger partial charge in [-0.25, -0.2) is 4.98 Å². The van der Waals surface area contributed by atoms with Crippen LogP contribution in [0.25, 0.3) is 0 Å². The summed E-state index contributed by atoms with van der Waals surface area (Å²) in [6.45, 7) is 5.41. The minimum absolute atomic E-state index is 0.156. The molecule has 3 heterocycles. The molecule has 0 radical (unpaired) electrons. The molecule has 5 heteroatoms. The number of nitrogens with zero attached hydrogens (tertiary/aromatic N) is 3. The number of hydrogen-bond acceptors (Lipinski definition) is 3. The molecule has 2 N–H and O–H groups in total. The van der Waals surface area contributed by atoms with Gasteiger partial charge < -0.3 is 10.3 Å². The third-order valence-electron chi connectivity index (χ3n) is 3.05. The van der Waals surface area contributed by atoms with E-state index in [0.29, 0.717) is 0 Å². The molecular formula is C12H15N5. The lowest BCUT2D eigenvalue weighted by atomic mass is 10.0. The largest absolute Gasteiger partial charge is 0.348 e. The van der Waals surface area contributed by atoms with Crippen LogP contribution < -0.4 is 5.32 Å². The number of nitrogens with one attached hydrogen (secondary N) is 2. The molecule has 2 aromatic heterocycles. The molecule has 17 heavy (non-hydrogen) atoms. The Morgan fingerprint density at radius 2 is 2.53 bits per heavy atom. The molecule has 0 saturated heterocycles. The predicted molar refractivity (Wildman–Crippen MR) is 64.6 cm³/mol. The molecule has 1 aliphatic heterocycles. The van der Waals surface area contributed by atoms with E-state index in [2.05, 4.69) is 27.0 Å². The zero-order valence-corrected chi connectivity index (χ0v) is 9.56. The Kier molecular flexibility index (Phi) is 2.53. The Bertz CT molecular complexity index is 524. The van der Waals surface area contributed by atoms with Crippen molar-refractivity contribution in [1.29, 1.82) is 0 Å². The standard InChI is InChI=1S/C12H15N5/c1-2-5-17-7-9(6-16-17)11-12-10(3-4-13-11)14-8-15-12/h2,6-8,11,13H,1,3-5H2,(H,14,15)/t11-/m0/s1. The molecule has 88 valence electrons. The van der Waals surface area contributed by atoms with Gasteiger partial charge in [0, 0.05) is 30.4 Å². The summed E-state index contributed by atoms with van der Waals surface area (Å²) in [5, 5.41) is 7.78. The number of aromatic amines is 1. The van der Waals surface area contributed by atoms with Gasteiger partial charge in [-0.05, 0) is 0 Å². The van der Waals surface area contributed by atoms with E-state index in [4.69, 9.17) is 0 Å². The Hall–Kier alpha value is -1.88. The highest BCUT2D eigenvalue weighted by atomic mass is 15.3. The highest BCUT2D eigenvalue weighted by molar-refractivity contribution is 5.29. The van der Waals surface area contributed by atoms with Crippen LogP contribution in [0.5, 0.6) is 0 Å². The van der Waals surface area contributed by atoms with Gasteiger partial charge in [0.15, 0.2) is 0 Å². The summed E-state index contributed by atoms with van der Waals surface area (Å²) in [5.41, 5.74) is 3.47. The molecule has 0 fully saturated rings. The maximum absolute atomic E-state index is 4.39. The van der Waals surface area contributed by atoms with E-state index in [9.17, 15) is 0 Å². The van der Waals surface area contributed by atoms with E-state index >= 15 is 0 Å². The van der Waals surface area contributed by atoms with Crippen molar-refractivity contribution in [2.45, 2.75) is 19.0 Å². The second-order valence-electron chi connectivity index (χ2n) is 4.19. The number of aromatic nitrogens is 4. The highest BCUT2D eigenvalue weighted by Gasteiger charge is 2.24. The number of H-pyrrole nitrogens is 1. The molecule has 1 atom stereocenters. The molecule has 0 saturated carbocycles. The minimum Gasteiger partial charge on any atom is -0.348 e. The monoisotopic (exact) mass is 229 g/mol. The van der Waals surface area contributed by atoms with Crippen LogP contribution in [0.15, 0.2) is 31.4 Å². The zero-order valence-electron chi connectivity index (χ0n) is 9.56. The third-order valence-corrected chi connectivity index (χ3v) is 3.05. The summed E-state index contributed by atoms with van der Waals surface area (Å²) in [6.07, 6.45) is 8.55. The van der Waals surface area contributed by atoms with E-state index in [1.54, 1.807) is 6.33 Å². The van der Waals surface area contributed by atoms with Crippen molar-refractivity contribution in [2.24, 2.45) is 0 Å². The Morgan fingerprint density at radius 3 is 3.41 bits per heavy atom. The van der Waals surface area contributed by atoms with Crippen LogP contribution in [0.2, 0.25) is 0 Å². The first kappa shape index (κ1) is 10.3. The van der Waals surface area contributed by atoms with Crippen LogP contribution in [-0.2, 0) is 13.0 Å². The Labute approximate surface area is 99.6 Å². The van der Waals surface area contributed by atoms with Gasteiger partial charge in [0.1, 0.15) is 0 Å². The van der Waals surface area contributed by atoms with E-state index < -0.39 is 0 Å². The quantitative estimate of drug-likeness (QED) is 0.773. The van der Waals surface area contributed by atoms with Crippen LogP contribution in [-0.4, -0.2) is 26.3 Å². The van der Waals surface area contributed by atoms with Gasteiger partial charge in [-0.1, -0.05) is 6.08 Å². The normalized spacial score (nSPS) is 18.9. The zero-order chi connectivity index (χ0) is 11.7. The van der Waals surface area contributed by atoms with Crippen LogP contribution in [0, 0.1) is 0 Å². The smallest absolute Gasteiger partial charge is 0.0926 e. The lowest BCUT2D eigenvalue weighted by molar-refractivity contribution is 0.553. The summed E-state index contributed by atoms with van der Waals surface area (Å²) in [5.74, 6) is 0. The van der Waals surface area contributed by atoms with Gasteiger partial charge in [0.2, 0.25) is 0 Å². The lowest BCUT2D eigenvalue weighted by Crippen LogP contribution is -2.30. The summed E-state index contributed by atoms with van der Waals surface area (Å²) >= 11 is 0. The van der Waals surface area contributed by atoms with Crippen LogP contribution >= 0.6 is 0 Å². The van der Waals surface area contributed by atoms with E-state index in [0.717, 1.165) is 30.8 Å². The number of hydrogen-bond donors (Lipinski definition) is 2. The molecule has 2 aromatic rings. The third kappa shape index (κ3) is 1.78. The fourth-order valence-corrected chi connectivity index (χ4v) is 2.26. The summed E-state index contributed by atoms with van der Waals surface area (Å²) in [7, 11) is 0. The predicted octanol–water partition coefficient (Wildman–Crippen LogP) is 1.03. The first-order valence-corrected chi connectivity index (χ1v) is 5.77.